The Hall–Kier alpha value is -3.08. The summed E-state index contributed by atoms with van der Waals surface area (Å²) in [7, 11) is 0. The molecule has 0 aliphatic carbocycles. The maximum atomic E-state index is 12.9. The first-order chi connectivity index (χ1) is 14.4. The minimum absolute atomic E-state index is 0.137. The van der Waals surface area contributed by atoms with Gasteiger partial charge in [0.25, 0.3) is 11.7 Å². The predicted octanol–water partition coefficient (Wildman–Crippen LogP) is 4.94. The monoisotopic (exact) mass is 407 g/mol. The van der Waals surface area contributed by atoms with Gasteiger partial charge < -0.3 is 14.7 Å². The van der Waals surface area contributed by atoms with Crippen molar-refractivity contribution >= 4 is 17.4 Å². The van der Waals surface area contributed by atoms with E-state index in [1.807, 2.05) is 37.3 Å². The molecule has 5 heteroatoms. The molecular formula is C25H29NO4. The van der Waals surface area contributed by atoms with Gasteiger partial charge in [0, 0.05) is 12.1 Å². The summed E-state index contributed by atoms with van der Waals surface area (Å²) in [5.74, 6) is -0.253. The number of likely N-dealkylation sites (tertiary alicyclic amines) is 1. The average Bonchev–Trinajstić information content (AvgIpc) is 3.01. The van der Waals surface area contributed by atoms with E-state index in [9.17, 15) is 14.7 Å². The number of hydrogen-bond acceptors (Lipinski definition) is 4. The van der Waals surface area contributed by atoms with Gasteiger partial charge in [0.2, 0.25) is 0 Å². The van der Waals surface area contributed by atoms with Crippen LogP contribution in [-0.4, -0.2) is 34.8 Å². The molecule has 3 rings (SSSR count). The zero-order valence-corrected chi connectivity index (χ0v) is 17.8. The van der Waals surface area contributed by atoms with E-state index >= 15 is 0 Å². The third kappa shape index (κ3) is 4.56. The molecule has 0 spiro atoms. The van der Waals surface area contributed by atoms with Gasteiger partial charge >= 0.3 is 0 Å². The molecule has 30 heavy (non-hydrogen) atoms. The number of aliphatic hydroxyl groups excluding tert-OH is 1. The largest absolute Gasteiger partial charge is 0.507 e. The second kappa shape index (κ2) is 9.61. The third-order valence-corrected chi connectivity index (χ3v) is 5.12. The fraction of sp³-hybridized carbons (Fsp3) is 0.360. The smallest absolute Gasteiger partial charge is 0.295 e. The van der Waals surface area contributed by atoms with Crippen molar-refractivity contribution in [1.29, 1.82) is 0 Å². The molecule has 1 N–H and O–H groups in total. The van der Waals surface area contributed by atoms with Gasteiger partial charge in [-0.25, -0.2) is 0 Å². The molecule has 0 bridgehead atoms. The van der Waals surface area contributed by atoms with Gasteiger partial charge in [-0.05, 0) is 42.2 Å². The molecule has 158 valence electrons. The Morgan fingerprint density at radius 2 is 1.73 bits per heavy atom. The number of carbonyl (C=O) groups is 2. The minimum atomic E-state index is -0.641. The lowest BCUT2D eigenvalue weighted by molar-refractivity contribution is -0.139. The first-order valence-corrected chi connectivity index (χ1v) is 10.5. The third-order valence-electron chi connectivity index (χ3n) is 5.12. The van der Waals surface area contributed by atoms with Gasteiger partial charge in [0.1, 0.15) is 11.5 Å². The number of amides is 1. The summed E-state index contributed by atoms with van der Waals surface area (Å²) in [5.41, 5.74) is 1.44. The molecule has 1 heterocycles. The van der Waals surface area contributed by atoms with Gasteiger partial charge in [0.15, 0.2) is 0 Å². The fourth-order valence-electron chi connectivity index (χ4n) is 3.55. The van der Waals surface area contributed by atoms with Crippen molar-refractivity contribution in [3.63, 3.8) is 0 Å². The number of benzene rings is 2. The topological polar surface area (TPSA) is 66.8 Å². The lowest BCUT2D eigenvalue weighted by atomic mass is 9.95. The highest BCUT2D eigenvalue weighted by Crippen LogP contribution is 2.39. The quantitative estimate of drug-likeness (QED) is 0.382. The Labute approximate surface area is 178 Å². The van der Waals surface area contributed by atoms with Gasteiger partial charge in [-0.3, -0.25) is 9.59 Å². The van der Waals surface area contributed by atoms with E-state index in [1.54, 1.807) is 29.2 Å². The first-order valence-electron chi connectivity index (χ1n) is 10.5. The first kappa shape index (κ1) is 21.6. The van der Waals surface area contributed by atoms with Crippen LogP contribution in [0.25, 0.3) is 5.76 Å². The number of aliphatic hydroxyl groups is 1. The van der Waals surface area contributed by atoms with E-state index < -0.39 is 17.7 Å². The summed E-state index contributed by atoms with van der Waals surface area (Å²) in [6, 6.07) is 15.8. The van der Waals surface area contributed by atoms with Crippen LogP contribution in [0.2, 0.25) is 0 Å². The highest BCUT2D eigenvalue weighted by Gasteiger charge is 2.45. The van der Waals surface area contributed by atoms with Gasteiger partial charge in [-0.2, -0.15) is 0 Å². The van der Waals surface area contributed by atoms with E-state index in [2.05, 4.69) is 13.8 Å². The predicted molar refractivity (Wildman–Crippen MR) is 117 cm³/mol. The van der Waals surface area contributed by atoms with Crippen molar-refractivity contribution in [2.45, 2.75) is 39.7 Å². The van der Waals surface area contributed by atoms with Gasteiger partial charge in [-0.15, -0.1) is 0 Å². The van der Waals surface area contributed by atoms with Crippen LogP contribution in [0.1, 0.15) is 50.8 Å². The van der Waals surface area contributed by atoms with Gasteiger partial charge in [-0.1, -0.05) is 57.5 Å². The lowest BCUT2D eigenvalue weighted by Gasteiger charge is -2.25. The van der Waals surface area contributed by atoms with Crippen LogP contribution in [-0.2, 0) is 9.59 Å². The van der Waals surface area contributed by atoms with E-state index in [0.717, 1.165) is 18.4 Å². The number of Topliss-reactive ketones (excluding diaryl/α,β-unsaturated/α-hetero) is 1. The standard InChI is InChI=1S/C25H29NO4/c1-4-5-15-26-22(18-9-7-6-8-10-18)21(24(28)25(26)29)23(27)19-11-13-20(14-12-19)30-16-17(2)3/h6-14,17,22,27H,4-5,15-16H2,1-3H3/b23-21-. The van der Waals surface area contributed by atoms with Crippen molar-refractivity contribution in [1.82, 2.24) is 4.90 Å². The van der Waals surface area contributed by atoms with Crippen molar-refractivity contribution in [3.8, 4) is 5.75 Å². The SMILES string of the molecule is CCCCN1C(=O)C(=O)/C(=C(\O)c2ccc(OCC(C)C)cc2)C1c1ccccc1. The summed E-state index contributed by atoms with van der Waals surface area (Å²) in [6.45, 7) is 7.25. The van der Waals surface area contributed by atoms with Crippen LogP contribution in [0.5, 0.6) is 5.75 Å². The molecule has 2 aromatic rings. The molecule has 0 aromatic heterocycles. The van der Waals surface area contributed by atoms with E-state index in [4.69, 9.17) is 4.74 Å². The van der Waals surface area contributed by atoms with Crippen molar-refractivity contribution in [2.24, 2.45) is 5.92 Å². The van der Waals surface area contributed by atoms with Gasteiger partial charge in [0.05, 0.1) is 18.2 Å². The van der Waals surface area contributed by atoms with Crippen LogP contribution in [0.4, 0.5) is 0 Å². The normalized spacial score (nSPS) is 18.3. The summed E-state index contributed by atoms with van der Waals surface area (Å²) in [4.78, 5) is 27.2. The number of hydrogen-bond donors (Lipinski definition) is 1. The second-order valence-corrected chi connectivity index (χ2v) is 7.99. The molecular weight excluding hydrogens is 378 g/mol. The Kier molecular flexibility index (Phi) is 6.93. The van der Waals surface area contributed by atoms with Crippen molar-refractivity contribution in [3.05, 3.63) is 71.3 Å². The highest BCUT2D eigenvalue weighted by atomic mass is 16.5. The zero-order chi connectivity index (χ0) is 21.7. The van der Waals surface area contributed by atoms with E-state index in [0.29, 0.717) is 30.4 Å². The Morgan fingerprint density at radius 1 is 1.07 bits per heavy atom. The summed E-state index contributed by atoms with van der Waals surface area (Å²) < 4.78 is 5.69. The molecule has 1 atom stereocenters. The molecule has 1 fully saturated rings. The Morgan fingerprint density at radius 3 is 2.33 bits per heavy atom. The molecule has 1 amide bonds. The number of ether oxygens (including phenoxy) is 1. The molecule has 1 saturated heterocycles. The molecule has 2 aromatic carbocycles. The summed E-state index contributed by atoms with van der Waals surface area (Å²) >= 11 is 0. The lowest BCUT2D eigenvalue weighted by Crippen LogP contribution is -2.30. The van der Waals surface area contributed by atoms with Crippen LogP contribution >= 0.6 is 0 Å². The number of carbonyl (C=O) groups excluding carboxylic acids is 2. The molecule has 1 aliphatic rings. The molecule has 0 saturated carbocycles. The van der Waals surface area contributed by atoms with Crippen LogP contribution < -0.4 is 4.74 Å². The number of rotatable bonds is 8. The highest BCUT2D eigenvalue weighted by molar-refractivity contribution is 6.46. The van der Waals surface area contributed by atoms with Crippen LogP contribution in [0.15, 0.2) is 60.2 Å². The van der Waals surface area contributed by atoms with Crippen LogP contribution in [0.3, 0.4) is 0 Å². The van der Waals surface area contributed by atoms with Crippen molar-refractivity contribution in [2.75, 3.05) is 13.2 Å². The van der Waals surface area contributed by atoms with Crippen LogP contribution in [0, 0.1) is 5.92 Å². The average molecular weight is 408 g/mol. The second-order valence-electron chi connectivity index (χ2n) is 7.99. The fourth-order valence-corrected chi connectivity index (χ4v) is 3.55. The molecule has 5 nitrogen and oxygen atoms in total. The summed E-state index contributed by atoms with van der Waals surface area (Å²) in [6.07, 6.45) is 1.70. The maximum Gasteiger partial charge on any atom is 0.295 e. The Bertz CT molecular complexity index is 916. The zero-order valence-electron chi connectivity index (χ0n) is 17.8. The number of nitrogens with zero attached hydrogens (tertiary/aromatic N) is 1. The number of unbranched alkanes of at least 4 members (excludes halogenated alkanes) is 1. The summed E-state index contributed by atoms with van der Waals surface area (Å²) in [5, 5.41) is 11.0. The minimum Gasteiger partial charge on any atom is -0.507 e. The molecule has 0 radical (unpaired) electrons. The number of ketones is 1. The Balaban J connectivity index is 2.00. The maximum absolute atomic E-state index is 12.9. The van der Waals surface area contributed by atoms with Crippen molar-refractivity contribution < 1.29 is 19.4 Å². The van der Waals surface area contributed by atoms with E-state index in [1.165, 1.54) is 0 Å². The molecule has 1 unspecified atom stereocenters. The van der Waals surface area contributed by atoms with E-state index in [-0.39, 0.29) is 11.3 Å². The molecule has 1 aliphatic heterocycles.